The molecule has 2 rings (SSSR count). The van der Waals surface area contributed by atoms with Crippen LogP contribution in [0, 0.1) is 5.41 Å². The molecule has 18 heavy (non-hydrogen) atoms. The topological polar surface area (TPSA) is 55.1 Å². The first kappa shape index (κ1) is 12.6. The first-order chi connectivity index (χ1) is 8.47. The zero-order chi connectivity index (χ0) is 13.2. The summed E-state index contributed by atoms with van der Waals surface area (Å²) in [6.07, 6.45) is 0.608. The minimum Gasteiger partial charge on any atom is -0.441 e. The number of hydrogen-bond donors (Lipinski definition) is 1. The third-order valence-corrected chi connectivity index (χ3v) is 2.64. The van der Waals surface area contributed by atoms with Crippen LogP contribution in [0.5, 0.6) is 0 Å². The molecule has 1 aromatic carbocycles. The highest BCUT2D eigenvalue weighted by atomic mass is 16.3. The van der Waals surface area contributed by atoms with Crippen molar-refractivity contribution in [2.45, 2.75) is 27.2 Å². The Morgan fingerprint density at radius 1 is 1.33 bits per heavy atom. The van der Waals surface area contributed by atoms with Crippen LogP contribution in [0.1, 0.15) is 26.7 Å². The normalized spacial score (nSPS) is 11.7. The Balaban J connectivity index is 1.93. The van der Waals surface area contributed by atoms with Gasteiger partial charge in [-0.1, -0.05) is 32.9 Å². The second-order valence-electron chi connectivity index (χ2n) is 5.33. The van der Waals surface area contributed by atoms with Crippen molar-refractivity contribution in [3.8, 4) is 0 Å². The average Bonchev–Trinajstić information content (AvgIpc) is 2.70. The number of hydrogen-bond acceptors (Lipinski definition) is 3. The van der Waals surface area contributed by atoms with Gasteiger partial charge < -0.3 is 9.73 Å². The van der Waals surface area contributed by atoms with E-state index in [1.54, 1.807) is 0 Å². The van der Waals surface area contributed by atoms with E-state index in [9.17, 15) is 4.79 Å². The Labute approximate surface area is 106 Å². The molecule has 0 saturated carbocycles. The number of para-hydroxylation sites is 2. The predicted molar refractivity (Wildman–Crippen MR) is 70.2 cm³/mol. The molecular weight excluding hydrogens is 228 g/mol. The fourth-order valence-corrected chi connectivity index (χ4v) is 1.57. The minimum absolute atomic E-state index is 0.0404. The van der Waals surface area contributed by atoms with Crippen molar-refractivity contribution in [1.29, 1.82) is 0 Å². The van der Waals surface area contributed by atoms with Crippen LogP contribution in [0.3, 0.4) is 0 Å². The molecule has 1 amide bonds. The first-order valence-corrected chi connectivity index (χ1v) is 6.09. The standard InChI is InChI=1S/C14H18N2O2/c1-14(2,3)13(17)15-9-8-12-16-10-6-4-5-7-11(10)18-12/h4-7H,8-9H2,1-3H3,(H,15,17). The largest absolute Gasteiger partial charge is 0.441 e. The molecule has 0 saturated heterocycles. The number of amides is 1. The molecule has 0 aliphatic heterocycles. The minimum atomic E-state index is -0.360. The summed E-state index contributed by atoms with van der Waals surface area (Å²) in [6, 6.07) is 7.64. The molecule has 0 atom stereocenters. The summed E-state index contributed by atoms with van der Waals surface area (Å²) in [5.74, 6) is 0.698. The van der Waals surface area contributed by atoms with Crippen molar-refractivity contribution in [3.05, 3.63) is 30.2 Å². The lowest BCUT2D eigenvalue weighted by Crippen LogP contribution is -2.35. The van der Waals surface area contributed by atoms with Gasteiger partial charge in [-0.15, -0.1) is 0 Å². The molecule has 0 unspecified atom stereocenters. The van der Waals surface area contributed by atoms with Gasteiger partial charge in [0.05, 0.1) is 0 Å². The third kappa shape index (κ3) is 2.88. The highest BCUT2D eigenvalue weighted by Gasteiger charge is 2.20. The molecule has 1 N–H and O–H groups in total. The summed E-state index contributed by atoms with van der Waals surface area (Å²) in [6.45, 7) is 6.22. The molecule has 4 heteroatoms. The van der Waals surface area contributed by atoms with Crippen LogP contribution in [0.2, 0.25) is 0 Å². The maximum Gasteiger partial charge on any atom is 0.225 e. The smallest absolute Gasteiger partial charge is 0.225 e. The zero-order valence-corrected chi connectivity index (χ0v) is 11.0. The molecule has 4 nitrogen and oxygen atoms in total. The van der Waals surface area contributed by atoms with Gasteiger partial charge in [-0.05, 0) is 12.1 Å². The number of oxazole rings is 1. The van der Waals surface area contributed by atoms with Crippen LogP contribution in [-0.2, 0) is 11.2 Å². The summed E-state index contributed by atoms with van der Waals surface area (Å²) >= 11 is 0. The van der Waals surface area contributed by atoms with E-state index in [1.165, 1.54) is 0 Å². The van der Waals surface area contributed by atoms with Gasteiger partial charge in [-0.3, -0.25) is 4.79 Å². The van der Waals surface area contributed by atoms with E-state index in [2.05, 4.69) is 10.3 Å². The van der Waals surface area contributed by atoms with Crippen molar-refractivity contribution in [3.63, 3.8) is 0 Å². The molecule has 2 aromatic rings. The maximum atomic E-state index is 11.7. The second kappa shape index (κ2) is 4.80. The molecule has 0 radical (unpaired) electrons. The Bertz CT molecular complexity index is 519. The van der Waals surface area contributed by atoms with Gasteiger partial charge in [-0.2, -0.15) is 0 Å². The van der Waals surface area contributed by atoms with Crippen molar-refractivity contribution in [2.24, 2.45) is 5.41 Å². The molecular formula is C14H18N2O2. The molecule has 0 fully saturated rings. The van der Waals surface area contributed by atoms with Crippen LogP contribution in [-0.4, -0.2) is 17.4 Å². The molecule has 0 spiro atoms. The summed E-state index contributed by atoms with van der Waals surface area (Å²) in [4.78, 5) is 16.0. The van der Waals surface area contributed by atoms with Gasteiger partial charge >= 0.3 is 0 Å². The van der Waals surface area contributed by atoms with Crippen molar-refractivity contribution >= 4 is 17.0 Å². The zero-order valence-electron chi connectivity index (χ0n) is 11.0. The van der Waals surface area contributed by atoms with Gasteiger partial charge in [0.25, 0.3) is 0 Å². The van der Waals surface area contributed by atoms with E-state index in [4.69, 9.17) is 4.42 Å². The first-order valence-electron chi connectivity index (χ1n) is 6.09. The van der Waals surface area contributed by atoms with Crippen LogP contribution < -0.4 is 5.32 Å². The molecule has 1 aromatic heterocycles. The Morgan fingerprint density at radius 3 is 2.72 bits per heavy atom. The number of aromatic nitrogens is 1. The van der Waals surface area contributed by atoms with Crippen molar-refractivity contribution in [2.75, 3.05) is 6.54 Å². The SMILES string of the molecule is CC(C)(C)C(=O)NCCc1nc2ccccc2o1. The van der Waals surface area contributed by atoms with Gasteiger partial charge in [-0.25, -0.2) is 4.98 Å². The Kier molecular flexibility index (Phi) is 3.36. The Hall–Kier alpha value is -1.84. The van der Waals surface area contributed by atoms with Crippen LogP contribution >= 0.6 is 0 Å². The van der Waals surface area contributed by atoms with Crippen LogP contribution in [0.15, 0.2) is 28.7 Å². The van der Waals surface area contributed by atoms with E-state index >= 15 is 0 Å². The molecule has 0 bridgehead atoms. The third-order valence-electron chi connectivity index (χ3n) is 2.64. The number of nitrogens with zero attached hydrogens (tertiary/aromatic N) is 1. The molecule has 1 heterocycles. The maximum absolute atomic E-state index is 11.7. The van der Waals surface area contributed by atoms with Gasteiger partial charge in [0.1, 0.15) is 5.52 Å². The fourth-order valence-electron chi connectivity index (χ4n) is 1.57. The highest BCUT2D eigenvalue weighted by molar-refractivity contribution is 5.81. The lowest BCUT2D eigenvalue weighted by Gasteiger charge is -2.16. The van der Waals surface area contributed by atoms with Gasteiger partial charge in [0, 0.05) is 18.4 Å². The number of nitrogens with one attached hydrogen (secondary N) is 1. The number of carbonyl (C=O) groups is 1. The van der Waals surface area contributed by atoms with Crippen molar-refractivity contribution in [1.82, 2.24) is 10.3 Å². The summed E-state index contributed by atoms with van der Waals surface area (Å²) < 4.78 is 5.57. The monoisotopic (exact) mass is 246 g/mol. The summed E-state index contributed by atoms with van der Waals surface area (Å²) in [5, 5.41) is 2.88. The van der Waals surface area contributed by atoms with E-state index in [0.29, 0.717) is 18.9 Å². The van der Waals surface area contributed by atoms with E-state index in [0.717, 1.165) is 11.1 Å². The fraction of sp³-hybridized carbons (Fsp3) is 0.429. The number of carbonyl (C=O) groups excluding carboxylic acids is 1. The molecule has 0 aliphatic rings. The van der Waals surface area contributed by atoms with Crippen molar-refractivity contribution < 1.29 is 9.21 Å². The molecule has 96 valence electrons. The predicted octanol–water partition coefficient (Wildman–Crippen LogP) is 2.53. The van der Waals surface area contributed by atoms with Gasteiger partial charge in [0.15, 0.2) is 11.5 Å². The highest BCUT2D eigenvalue weighted by Crippen LogP contribution is 2.15. The van der Waals surface area contributed by atoms with Crippen LogP contribution in [0.25, 0.3) is 11.1 Å². The summed E-state index contributed by atoms with van der Waals surface area (Å²) in [7, 11) is 0. The van der Waals surface area contributed by atoms with Crippen LogP contribution in [0.4, 0.5) is 0 Å². The molecule has 0 aliphatic carbocycles. The van der Waals surface area contributed by atoms with E-state index in [1.807, 2.05) is 45.0 Å². The van der Waals surface area contributed by atoms with Gasteiger partial charge in [0.2, 0.25) is 5.91 Å². The number of fused-ring (bicyclic) bond motifs is 1. The summed E-state index contributed by atoms with van der Waals surface area (Å²) in [5.41, 5.74) is 1.28. The quantitative estimate of drug-likeness (QED) is 0.905. The number of benzene rings is 1. The lowest BCUT2D eigenvalue weighted by atomic mass is 9.96. The Morgan fingerprint density at radius 2 is 2.06 bits per heavy atom. The average molecular weight is 246 g/mol. The lowest BCUT2D eigenvalue weighted by molar-refractivity contribution is -0.128. The number of rotatable bonds is 3. The van der Waals surface area contributed by atoms with E-state index in [-0.39, 0.29) is 11.3 Å². The second-order valence-corrected chi connectivity index (χ2v) is 5.33. The van der Waals surface area contributed by atoms with E-state index < -0.39 is 0 Å².